The van der Waals surface area contributed by atoms with Gasteiger partial charge in [0.1, 0.15) is 0 Å². The lowest BCUT2D eigenvalue weighted by atomic mass is 10.0. The summed E-state index contributed by atoms with van der Waals surface area (Å²) in [6.45, 7) is 2.89. The van der Waals surface area contributed by atoms with Gasteiger partial charge in [0.05, 0.1) is 0 Å². The molecule has 0 spiro atoms. The molecule has 1 saturated heterocycles. The molecule has 3 rings (SSSR count). The van der Waals surface area contributed by atoms with Crippen molar-refractivity contribution in [3.63, 3.8) is 0 Å². The van der Waals surface area contributed by atoms with Crippen LogP contribution in [0.3, 0.4) is 0 Å². The number of likely N-dealkylation sites (tertiary alicyclic amines) is 1. The van der Waals surface area contributed by atoms with Crippen molar-refractivity contribution in [2.24, 2.45) is 17.4 Å². The Morgan fingerprint density at radius 3 is 2.58 bits per heavy atom. The maximum absolute atomic E-state index is 12.8. The van der Waals surface area contributed by atoms with E-state index in [4.69, 9.17) is 11.5 Å². The predicted octanol–water partition coefficient (Wildman–Crippen LogP) is 2.62. The van der Waals surface area contributed by atoms with E-state index in [1.807, 2.05) is 41.3 Å². The topological polar surface area (TPSA) is 72.3 Å². The molecule has 1 aliphatic rings. The van der Waals surface area contributed by atoms with Crippen LogP contribution in [-0.4, -0.2) is 30.4 Å². The molecule has 1 fully saturated rings. The highest BCUT2D eigenvalue weighted by atomic mass is 16.2. The second-order valence-corrected chi connectivity index (χ2v) is 6.47. The third kappa shape index (κ3) is 3.66. The molecule has 4 heteroatoms. The molecule has 0 saturated carbocycles. The second kappa shape index (κ2) is 7.60. The number of hydrogen-bond acceptors (Lipinski definition) is 3. The van der Waals surface area contributed by atoms with Gasteiger partial charge in [-0.25, -0.2) is 0 Å². The molecule has 0 aromatic heterocycles. The standard InChI is InChI=1S/C20H25N3O/c21-10-8-16-9-11-23(14-16)20(24)19-3-1-2-18(12-19)17-6-4-15(13-22)5-7-17/h1-7,12,16H,8-11,13-14,21-22H2. The molecule has 0 bridgehead atoms. The quantitative estimate of drug-likeness (QED) is 0.888. The Bertz CT molecular complexity index is 696. The third-order valence-electron chi connectivity index (χ3n) is 4.78. The van der Waals surface area contributed by atoms with Crippen molar-refractivity contribution >= 4 is 5.91 Å². The van der Waals surface area contributed by atoms with Gasteiger partial charge in [-0.1, -0.05) is 36.4 Å². The molecule has 1 amide bonds. The molecule has 0 radical (unpaired) electrons. The van der Waals surface area contributed by atoms with E-state index in [0.29, 0.717) is 19.0 Å². The highest BCUT2D eigenvalue weighted by molar-refractivity contribution is 5.95. The zero-order chi connectivity index (χ0) is 16.9. The summed E-state index contributed by atoms with van der Waals surface area (Å²) in [5.41, 5.74) is 15.3. The van der Waals surface area contributed by atoms with Crippen LogP contribution in [0.1, 0.15) is 28.8 Å². The number of benzene rings is 2. The summed E-state index contributed by atoms with van der Waals surface area (Å²) in [4.78, 5) is 14.7. The van der Waals surface area contributed by atoms with Crippen molar-refractivity contribution in [3.8, 4) is 11.1 Å². The van der Waals surface area contributed by atoms with Crippen molar-refractivity contribution in [3.05, 3.63) is 59.7 Å². The van der Waals surface area contributed by atoms with Gasteiger partial charge < -0.3 is 16.4 Å². The fourth-order valence-corrected chi connectivity index (χ4v) is 3.34. The van der Waals surface area contributed by atoms with E-state index in [1.165, 1.54) is 0 Å². The SMILES string of the molecule is NCCC1CCN(C(=O)c2cccc(-c3ccc(CN)cc3)c2)C1. The molecular weight excluding hydrogens is 298 g/mol. The van der Waals surface area contributed by atoms with Gasteiger partial charge in [0.25, 0.3) is 5.91 Å². The van der Waals surface area contributed by atoms with Crippen molar-refractivity contribution in [1.29, 1.82) is 0 Å². The van der Waals surface area contributed by atoms with Gasteiger partial charge in [-0.15, -0.1) is 0 Å². The van der Waals surface area contributed by atoms with Gasteiger partial charge >= 0.3 is 0 Å². The number of carbonyl (C=O) groups is 1. The van der Waals surface area contributed by atoms with Gasteiger partial charge in [0.2, 0.25) is 0 Å². The van der Waals surface area contributed by atoms with Crippen LogP contribution in [0, 0.1) is 5.92 Å². The van der Waals surface area contributed by atoms with Crippen LogP contribution in [-0.2, 0) is 6.54 Å². The number of rotatable bonds is 5. The van der Waals surface area contributed by atoms with E-state index < -0.39 is 0 Å². The van der Waals surface area contributed by atoms with Crippen LogP contribution in [0.25, 0.3) is 11.1 Å². The highest BCUT2D eigenvalue weighted by Crippen LogP contribution is 2.24. The monoisotopic (exact) mass is 323 g/mol. The van der Waals surface area contributed by atoms with Crippen LogP contribution >= 0.6 is 0 Å². The lowest BCUT2D eigenvalue weighted by molar-refractivity contribution is 0.0786. The van der Waals surface area contributed by atoms with E-state index in [1.54, 1.807) is 0 Å². The summed E-state index contributed by atoms with van der Waals surface area (Å²) in [6.07, 6.45) is 2.06. The fraction of sp³-hybridized carbons (Fsp3) is 0.350. The van der Waals surface area contributed by atoms with Crippen LogP contribution in [0.2, 0.25) is 0 Å². The largest absolute Gasteiger partial charge is 0.338 e. The first kappa shape index (κ1) is 16.7. The molecule has 126 valence electrons. The van der Waals surface area contributed by atoms with Crippen molar-refractivity contribution < 1.29 is 4.79 Å². The van der Waals surface area contributed by atoms with E-state index >= 15 is 0 Å². The van der Waals surface area contributed by atoms with Crippen molar-refractivity contribution in [1.82, 2.24) is 4.90 Å². The zero-order valence-corrected chi connectivity index (χ0v) is 13.9. The molecule has 1 atom stereocenters. The molecule has 1 unspecified atom stereocenters. The Morgan fingerprint density at radius 1 is 1.08 bits per heavy atom. The van der Waals surface area contributed by atoms with E-state index in [-0.39, 0.29) is 5.91 Å². The smallest absolute Gasteiger partial charge is 0.253 e. The second-order valence-electron chi connectivity index (χ2n) is 6.47. The highest BCUT2D eigenvalue weighted by Gasteiger charge is 2.26. The van der Waals surface area contributed by atoms with Crippen molar-refractivity contribution in [2.45, 2.75) is 19.4 Å². The minimum absolute atomic E-state index is 0.120. The van der Waals surface area contributed by atoms with E-state index in [2.05, 4.69) is 12.1 Å². The fourth-order valence-electron chi connectivity index (χ4n) is 3.34. The summed E-state index contributed by atoms with van der Waals surface area (Å²) in [5, 5.41) is 0. The maximum atomic E-state index is 12.8. The first-order valence-electron chi connectivity index (χ1n) is 8.60. The number of nitrogens with zero attached hydrogens (tertiary/aromatic N) is 1. The summed E-state index contributed by atoms with van der Waals surface area (Å²) >= 11 is 0. The number of hydrogen-bond donors (Lipinski definition) is 2. The number of nitrogens with two attached hydrogens (primary N) is 2. The molecule has 1 aliphatic heterocycles. The van der Waals surface area contributed by atoms with Crippen LogP contribution in [0.15, 0.2) is 48.5 Å². The lowest BCUT2D eigenvalue weighted by Crippen LogP contribution is -2.29. The predicted molar refractivity (Wildman–Crippen MR) is 97.5 cm³/mol. The Morgan fingerprint density at radius 2 is 1.88 bits per heavy atom. The first-order valence-corrected chi connectivity index (χ1v) is 8.60. The Balaban J connectivity index is 1.76. The van der Waals surface area contributed by atoms with Gasteiger partial charge in [0.15, 0.2) is 0 Å². The van der Waals surface area contributed by atoms with Crippen molar-refractivity contribution in [2.75, 3.05) is 19.6 Å². The molecule has 1 heterocycles. The molecule has 4 nitrogen and oxygen atoms in total. The first-order chi connectivity index (χ1) is 11.7. The minimum Gasteiger partial charge on any atom is -0.338 e. The van der Waals surface area contributed by atoms with Gasteiger partial charge in [0, 0.05) is 25.2 Å². The molecule has 2 aromatic rings. The number of amides is 1. The summed E-state index contributed by atoms with van der Waals surface area (Å²) in [5.74, 6) is 0.667. The van der Waals surface area contributed by atoms with Crippen LogP contribution < -0.4 is 11.5 Å². The van der Waals surface area contributed by atoms with Gasteiger partial charge in [-0.3, -0.25) is 4.79 Å². The molecule has 0 aliphatic carbocycles. The normalized spacial score (nSPS) is 17.2. The van der Waals surface area contributed by atoms with Crippen LogP contribution in [0.4, 0.5) is 0 Å². The maximum Gasteiger partial charge on any atom is 0.253 e. The van der Waals surface area contributed by atoms with E-state index in [9.17, 15) is 4.79 Å². The zero-order valence-electron chi connectivity index (χ0n) is 13.9. The lowest BCUT2D eigenvalue weighted by Gasteiger charge is -2.17. The molecule has 24 heavy (non-hydrogen) atoms. The Hall–Kier alpha value is -2.17. The average molecular weight is 323 g/mol. The number of carbonyl (C=O) groups excluding carboxylic acids is 1. The minimum atomic E-state index is 0.120. The Kier molecular flexibility index (Phi) is 5.28. The third-order valence-corrected chi connectivity index (χ3v) is 4.78. The summed E-state index contributed by atoms with van der Waals surface area (Å²) in [6, 6.07) is 16.0. The summed E-state index contributed by atoms with van der Waals surface area (Å²) in [7, 11) is 0. The van der Waals surface area contributed by atoms with Gasteiger partial charge in [-0.05, 0) is 54.1 Å². The average Bonchev–Trinajstić information content (AvgIpc) is 3.10. The van der Waals surface area contributed by atoms with Crippen LogP contribution in [0.5, 0.6) is 0 Å². The molecule has 4 N–H and O–H groups in total. The summed E-state index contributed by atoms with van der Waals surface area (Å²) < 4.78 is 0. The molecular formula is C20H25N3O. The molecule has 2 aromatic carbocycles. The Labute approximate surface area is 143 Å². The van der Waals surface area contributed by atoms with Gasteiger partial charge in [-0.2, -0.15) is 0 Å². The van der Waals surface area contributed by atoms with E-state index in [0.717, 1.165) is 48.2 Å².